The standard InChI is InChI=1S/C20H14FN3O2S/c1-12(16-10-14-4-2-3-5-18(14)26-19(16)25)23-24-20-22-17(11-27-20)13-6-8-15(21)9-7-13/h2-11H,1H3,(H,22,24)/b23-12+. The number of rotatable bonds is 4. The zero-order valence-electron chi connectivity index (χ0n) is 14.3. The van der Waals surface area contributed by atoms with Crippen molar-refractivity contribution in [3.8, 4) is 11.3 Å². The Balaban J connectivity index is 1.57. The number of thiazole rings is 1. The second kappa shape index (κ2) is 7.13. The van der Waals surface area contributed by atoms with E-state index < -0.39 is 5.63 Å². The van der Waals surface area contributed by atoms with Crippen molar-refractivity contribution < 1.29 is 8.81 Å². The number of para-hydroxylation sites is 1. The highest BCUT2D eigenvalue weighted by Crippen LogP contribution is 2.25. The highest BCUT2D eigenvalue weighted by atomic mass is 32.1. The van der Waals surface area contributed by atoms with Crippen LogP contribution < -0.4 is 11.1 Å². The molecule has 0 unspecified atom stereocenters. The quantitative estimate of drug-likeness (QED) is 0.311. The number of nitrogens with one attached hydrogen (secondary N) is 1. The first kappa shape index (κ1) is 17.1. The Bertz CT molecular complexity index is 1200. The number of hydrazone groups is 1. The molecule has 0 saturated heterocycles. The number of fused-ring (bicyclic) bond motifs is 1. The Hall–Kier alpha value is -3.32. The summed E-state index contributed by atoms with van der Waals surface area (Å²) < 4.78 is 18.4. The van der Waals surface area contributed by atoms with Crippen LogP contribution in [0.5, 0.6) is 0 Å². The third-order valence-corrected chi connectivity index (χ3v) is 4.74. The Morgan fingerprint density at radius 2 is 1.96 bits per heavy atom. The van der Waals surface area contributed by atoms with Crippen molar-refractivity contribution in [2.24, 2.45) is 5.10 Å². The van der Waals surface area contributed by atoms with Gasteiger partial charge in [-0.15, -0.1) is 11.3 Å². The lowest BCUT2D eigenvalue weighted by Gasteiger charge is -2.02. The molecular formula is C20H14FN3O2S. The molecule has 0 aliphatic rings. The minimum atomic E-state index is -0.442. The molecule has 0 saturated carbocycles. The maximum atomic E-state index is 13.0. The number of anilines is 1. The number of nitrogens with zero attached hydrogens (tertiary/aromatic N) is 2. The van der Waals surface area contributed by atoms with Gasteiger partial charge in [0.05, 0.1) is 17.0 Å². The summed E-state index contributed by atoms with van der Waals surface area (Å²) in [7, 11) is 0. The van der Waals surface area contributed by atoms with Gasteiger partial charge in [-0.25, -0.2) is 14.2 Å². The van der Waals surface area contributed by atoms with Gasteiger partial charge < -0.3 is 4.42 Å². The molecule has 2 aromatic heterocycles. The average molecular weight is 379 g/mol. The van der Waals surface area contributed by atoms with E-state index in [1.807, 2.05) is 23.6 Å². The predicted molar refractivity (Wildman–Crippen MR) is 106 cm³/mol. The Kier molecular flexibility index (Phi) is 4.52. The van der Waals surface area contributed by atoms with Crippen molar-refractivity contribution in [1.82, 2.24) is 4.98 Å². The normalized spacial score (nSPS) is 11.7. The van der Waals surface area contributed by atoms with Crippen LogP contribution in [-0.2, 0) is 0 Å². The molecule has 27 heavy (non-hydrogen) atoms. The molecule has 0 fully saturated rings. The maximum Gasteiger partial charge on any atom is 0.345 e. The molecule has 0 aliphatic heterocycles. The zero-order valence-corrected chi connectivity index (χ0v) is 15.1. The van der Waals surface area contributed by atoms with Crippen molar-refractivity contribution >= 4 is 33.1 Å². The lowest BCUT2D eigenvalue weighted by molar-refractivity contribution is 0.559. The van der Waals surface area contributed by atoms with E-state index in [0.717, 1.165) is 16.6 Å². The van der Waals surface area contributed by atoms with E-state index >= 15 is 0 Å². The van der Waals surface area contributed by atoms with Crippen molar-refractivity contribution in [1.29, 1.82) is 0 Å². The Labute approximate surface area is 157 Å². The van der Waals surface area contributed by atoms with Gasteiger partial charge in [0.25, 0.3) is 0 Å². The van der Waals surface area contributed by atoms with Crippen LogP contribution in [-0.4, -0.2) is 10.7 Å². The van der Waals surface area contributed by atoms with Crippen LogP contribution in [0.15, 0.2) is 74.3 Å². The summed E-state index contributed by atoms with van der Waals surface area (Å²) >= 11 is 1.37. The fourth-order valence-corrected chi connectivity index (χ4v) is 3.25. The number of hydrogen-bond donors (Lipinski definition) is 1. The van der Waals surface area contributed by atoms with Gasteiger partial charge in [0.2, 0.25) is 5.13 Å². The van der Waals surface area contributed by atoms with E-state index in [9.17, 15) is 9.18 Å². The highest BCUT2D eigenvalue weighted by molar-refractivity contribution is 7.14. The second-order valence-corrected chi connectivity index (χ2v) is 6.70. The first-order chi connectivity index (χ1) is 13.1. The summed E-state index contributed by atoms with van der Waals surface area (Å²) in [5, 5.41) is 7.50. The van der Waals surface area contributed by atoms with Gasteiger partial charge in [0.15, 0.2) is 0 Å². The van der Waals surface area contributed by atoms with Gasteiger partial charge in [-0.3, -0.25) is 5.43 Å². The van der Waals surface area contributed by atoms with Crippen LogP contribution in [0.4, 0.5) is 9.52 Å². The fraction of sp³-hybridized carbons (Fsp3) is 0.0500. The van der Waals surface area contributed by atoms with Crippen LogP contribution >= 0.6 is 11.3 Å². The molecule has 7 heteroatoms. The molecule has 0 atom stereocenters. The van der Waals surface area contributed by atoms with Crippen LogP contribution in [0.25, 0.3) is 22.2 Å². The lowest BCUT2D eigenvalue weighted by Crippen LogP contribution is -2.13. The predicted octanol–water partition coefficient (Wildman–Crippen LogP) is 4.89. The fourth-order valence-electron chi connectivity index (χ4n) is 2.58. The third kappa shape index (κ3) is 3.63. The molecule has 4 aromatic rings. The van der Waals surface area contributed by atoms with E-state index in [0.29, 0.717) is 22.0 Å². The molecule has 0 aliphatic carbocycles. The molecule has 5 nitrogen and oxygen atoms in total. The monoisotopic (exact) mass is 379 g/mol. The molecule has 0 radical (unpaired) electrons. The van der Waals surface area contributed by atoms with Crippen LogP contribution in [0.2, 0.25) is 0 Å². The topological polar surface area (TPSA) is 67.5 Å². The van der Waals surface area contributed by atoms with Gasteiger partial charge in [0.1, 0.15) is 11.4 Å². The molecule has 0 spiro atoms. The van der Waals surface area contributed by atoms with Gasteiger partial charge in [0, 0.05) is 16.3 Å². The number of halogens is 1. The summed E-state index contributed by atoms with van der Waals surface area (Å²) in [4.78, 5) is 16.6. The van der Waals surface area contributed by atoms with Crippen LogP contribution in [0, 0.1) is 5.82 Å². The molecule has 0 bridgehead atoms. The Morgan fingerprint density at radius 3 is 2.78 bits per heavy atom. The first-order valence-corrected chi connectivity index (χ1v) is 9.03. The van der Waals surface area contributed by atoms with Gasteiger partial charge in [-0.05, 0) is 43.3 Å². The molecule has 0 amide bonds. The largest absolute Gasteiger partial charge is 0.422 e. The minimum absolute atomic E-state index is 0.290. The smallest absolute Gasteiger partial charge is 0.345 e. The van der Waals surface area contributed by atoms with Gasteiger partial charge in [-0.1, -0.05) is 18.2 Å². The van der Waals surface area contributed by atoms with E-state index in [-0.39, 0.29) is 5.82 Å². The summed E-state index contributed by atoms with van der Waals surface area (Å²) in [6.07, 6.45) is 0. The van der Waals surface area contributed by atoms with Crippen molar-refractivity contribution in [3.63, 3.8) is 0 Å². The summed E-state index contributed by atoms with van der Waals surface area (Å²) in [6, 6.07) is 15.2. The molecule has 4 rings (SSSR count). The molecule has 1 N–H and O–H groups in total. The Morgan fingerprint density at radius 1 is 1.19 bits per heavy atom. The van der Waals surface area contributed by atoms with E-state index in [2.05, 4.69) is 15.5 Å². The highest BCUT2D eigenvalue weighted by Gasteiger charge is 2.09. The minimum Gasteiger partial charge on any atom is -0.422 e. The van der Waals surface area contributed by atoms with E-state index in [1.54, 1.807) is 31.2 Å². The lowest BCUT2D eigenvalue weighted by atomic mass is 10.1. The number of benzene rings is 2. The average Bonchev–Trinajstić information content (AvgIpc) is 3.15. The zero-order chi connectivity index (χ0) is 18.8. The maximum absolute atomic E-state index is 13.0. The first-order valence-electron chi connectivity index (χ1n) is 8.15. The van der Waals surface area contributed by atoms with Gasteiger partial charge in [-0.2, -0.15) is 5.10 Å². The molecule has 134 valence electrons. The summed E-state index contributed by atoms with van der Waals surface area (Å²) in [5.41, 5.74) is 5.37. The van der Waals surface area contributed by atoms with Crippen molar-refractivity contribution in [2.45, 2.75) is 6.92 Å². The van der Waals surface area contributed by atoms with E-state index in [4.69, 9.17) is 4.42 Å². The molecule has 2 heterocycles. The van der Waals surface area contributed by atoms with Gasteiger partial charge >= 0.3 is 5.63 Å². The van der Waals surface area contributed by atoms with Crippen LogP contribution in [0.1, 0.15) is 12.5 Å². The number of hydrogen-bond acceptors (Lipinski definition) is 6. The summed E-state index contributed by atoms with van der Waals surface area (Å²) in [5.74, 6) is -0.290. The van der Waals surface area contributed by atoms with E-state index in [1.165, 1.54) is 23.5 Å². The van der Waals surface area contributed by atoms with Crippen molar-refractivity contribution in [3.05, 3.63) is 81.8 Å². The van der Waals surface area contributed by atoms with Crippen LogP contribution in [0.3, 0.4) is 0 Å². The molecule has 2 aromatic carbocycles. The molecular weight excluding hydrogens is 365 g/mol. The number of aromatic nitrogens is 1. The summed E-state index contributed by atoms with van der Waals surface area (Å²) in [6.45, 7) is 1.72. The van der Waals surface area contributed by atoms with Crippen molar-refractivity contribution in [2.75, 3.05) is 5.43 Å². The third-order valence-electron chi connectivity index (χ3n) is 3.99. The SMILES string of the molecule is C/C(=N\Nc1nc(-c2ccc(F)cc2)cs1)c1cc2ccccc2oc1=O. The second-order valence-electron chi connectivity index (χ2n) is 5.84.